The minimum Gasteiger partial charge on any atom is -0.455 e. The predicted octanol–water partition coefficient (Wildman–Crippen LogP) is 3.44. The normalized spacial score (nSPS) is 24.7. The van der Waals surface area contributed by atoms with Crippen LogP contribution in [-0.2, 0) is 18.8 Å². The molecule has 2 aliphatic heterocycles. The van der Waals surface area contributed by atoms with Crippen LogP contribution in [-0.4, -0.2) is 48.7 Å². The van der Waals surface area contributed by atoms with Crippen molar-refractivity contribution in [1.82, 2.24) is 4.90 Å². The zero-order valence-electron chi connectivity index (χ0n) is 18.0. The van der Waals surface area contributed by atoms with Crippen molar-refractivity contribution < 1.29 is 18.8 Å². The topological polar surface area (TPSA) is 81.9 Å². The lowest BCUT2D eigenvalue weighted by Gasteiger charge is -2.48. The van der Waals surface area contributed by atoms with Crippen molar-refractivity contribution in [2.24, 2.45) is 11.7 Å². The maximum atomic E-state index is 12.9. The summed E-state index contributed by atoms with van der Waals surface area (Å²) in [4.78, 5) is 27.8. The molecule has 6 nitrogen and oxygen atoms in total. The predicted molar refractivity (Wildman–Crippen MR) is 111 cm³/mol. The molecule has 154 valence electrons. The Balaban J connectivity index is 2.17. The fourth-order valence-corrected chi connectivity index (χ4v) is 5.93. The van der Waals surface area contributed by atoms with E-state index in [1.807, 2.05) is 27.7 Å². The monoisotopic (exact) mass is 414 g/mol. The third-order valence-corrected chi connectivity index (χ3v) is 11.4. The van der Waals surface area contributed by atoms with Gasteiger partial charge in [0, 0.05) is 11.4 Å². The number of nitrogens with zero attached hydrogens (tertiary/aromatic N) is 1. The molecule has 0 saturated carbocycles. The highest BCUT2D eigenvalue weighted by molar-refractivity contribution is 8.04. The van der Waals surface area contributed by atoms with Gasteiger partial charge in [-0.2, -0.15) is 0 Å². The van der Waals surface area contributed by atoms with E-state index >= 15 is 0 Å². The molecule has 2 heterocycles. The zero-order chi connectivity index (χ0) is 20.9. The van der Waals surface area contributed by atoms with Gasteiger partial charge >= 0.3 is 5.97 Å². The summed E-state index contributed by atoms with van der Waals surface area (Å²) in [5.41, 5.74) is 5.54. The van der Waals surface area contributed by atoms with Gasteiger partial charge in [0.2, 0.25) is 5.91 Å². The van der Waals surface area contributed by atoms with E-state index in [4.69, 9.17) is 14.9 Å². The molecule has 1 fully saturated rings. The summed E-state index contributed by atoms with van der Waals surface area (Å²) in [5, 5.41) is -0.0721. The Labute approximate surface area is 168 Å². The van der Waals surface area contributed by atoms with Gasteiger partial charge in [-0.05, 0) is 45.8 Å². The molecule has 0 aromatic heterocycles. The highest BCUT2D eigenvalue weighted by atomic mass is 32.2. The van der Waals surface area contributed by atoms with Crippen LogP contribution >= 0.6 is 11.8 Å². The van der Waals surface area contributed by atoms with Crippen molar-refractivity contribution in [3.05, 3.63) is 10.6 Å². The van der Waals surface area contributed by atoms with Crippen molar-refractivity contribution in [2.45, 2.75) is 83.7 Å². The molecule has 0 unspecified atom stereocenters. The van der Waals surface area contributed by atoms with Gasteiger partial charge in [0.25, 0.3) is 0 Å². The van der Waals surface area contributed by atoms with Crippen molar-refractivity contribution in [3.8, 4) is 0 Å². The highest BCUT2D eigenvalue weighted by Gasteiger charge is 2.59. The van der Waals surface area contributed by atoms with Gasteiger partial charge in [-0.25, -0.2) is 4.79 Å². The first-order valence-electron chi connectivity index (χ1n) is 9.45. The lowest BCUT2D eigenvalue weighted by molar-refractivity contribution is -0.162. The summed E-state index contributed by atoms with van der Waals surface area (Å²) in [6.45, 7) is 18.5. The molecule has 8 heteroatoms. The van der Waals surface area contributed by atoms with E-state index in [1.165, 1.54) is 11.8 Å². The SMILES string of the molecule is C[C@@H](O[Si](C)(C)C(C)(C)C)[C@H]1C(=O)N2C(C(=O)OC(C)(C)C)=C(CN)S[C@H]12. The van der Waals surface area contributed by atoms with Crippen LogP contribution in [0.1, 0.15) is 48.5 Å². The van der Waals surface area contributed by atoms with Crippen molar-refractivity contribution in [3.63, 3.8) is 0 Å². The van der Waals surface area contributed by atoms with Crippen LogP contribution in [0.3, 0.4) is 0 Å². The molecule has 2 rings (SSSR count). The third-order valence-electron chi connectivity index (χ3n) is 5.42. The van der Waals surface area contributed by atoms with Gasteiger partial charge in [-0.15, -0.1) is 11.8 Å². The van der Waals surface area contributed by atoms with Crippen LogP contribution < -0.4 is 5.73 Å². The molecule has 0 bridgehead atoms. The Morgan fingerprint density at radius 1 is 1.26 bits per heavy atom. The van der Waals surface area contributed by atoms with E-state index in [0.717, 1.165) is 0 Å². The molecule has 2 N–H and O–H groups in total. The molecule has 0 radical (unpaired) electrons. The fourth-order valence-electron chi connectivity index (χ4n) is 3.02. The zero-order valence-corrected chi connectivity index (χ0v) is 19.8. The van der Waals surface area contributed by atoms with E-state index in [-0.39, 0.29) is 34.9 Å². The smallest absolute Gasteiger partial charge is 0.356 e. The molecule has 3 atom stereocenters. The average Bonchev–Trinajstić information content (AvgIpc) is 2.78. The van der Waals surface area contributed by atoms with Gasteiger partial charge in [0.15, 0.2) is 8.32 Å². The number of carbonyl (C=O) groups excluding carboxylic acids is 2. The maximum absolute atomic E-state index is 12.9. The lowest BCUT2D eigenvalue weighted by Crippen LogP contribution is -2.62. The van der Waals surface area contributed by atoms with E-state index in [1.54, 1.807) is 4.90 Å². The Bertz CT molecular complexity index is 664. The average molecular weight is 415 g/mol. The minimum absolute atomic E-state index is 0.0684. The number of ether oxygens (including phenoxy) is 1. The second-order valence-corrected chi connectivity index (χ2v) is 15.8. The molecule has 2 aliphatic rings. The third kappa shape index (κ3) is 4.28. The summed E-state index contributed by atoms with van der Waals surface area (Å²) in [6.07, 6.45) is -0.204. The lowest BCUT2D eigenvalue weighted by atomic mass is 9.92. The molecule has 0 spiro atoms. The number of esters is 1. The molecular weight excluding hydrogens is 380 g/mol. The van der Waals surface area contributed by atoms with Crippen molar-refractivity contribution in [2.75, 3.05) is 6.54 Å². The number of thioether (sulfide) groups is 1. The first kappa shape index (κ1) is 22.5. The number of β-lactam (4-membered cyclic amide) rings is 1. The Hall–Kier alpha value is -0.833. The Kier molecular flexibility index (Phi) is 5.99. The standard InChI is InChI=1S/C19H34N2O4SSi/c1-11(25-27(8,9)19(5,6)7)13-15(22)21-14(12(10-20)26-16(13)21)17(23)24-18(2,3)4/h11,13,16H,10,20H2,1-9H3/t11-,13+,16-/m1/s1. The molecule has 1 saturated heterocycles. The van der Waals surface area contributed by atoms with Gasteiger partial charge in [0.1, 0.15) is 16.7 Å². The van der Waals surface area contributed by atoms with E-state index in [9.17, 15) is 9.59 Å². The van der Waals surface area contributed by atoms with E-state index in [0.29, 0.717) is 10.6 Å². The van der Waals surface area contributed by atoms with Crippen molar-refractivity contribution >= 4 is 32.0 Å². The first-order valence-corrected chi connectivity index (χ1v) is 13.2. The summed E-state index contributed by atoms with van der Waals surface area (Å²) >= 11 is 1.49. The van der Waals surface area contributed by atoms with Crippen LogP contribution in [0.15, 0.2) is 10.6 Å². The number of nitrogens with two attached hydrogens (primary N) is 1. The van der Waals surface area contributed by atoms with Gasteiger partial charge in [-0.3, -0.25) is 9.69 Å². The molecule has 0 aliphatic carbocycles. The number of amides is 1. The van der Waals surface area contributed by atoms with Crippen LogP contribution in [0.5, 0.6) is 0 Å². The Morgan fingerprint density at radius 3 is 2.26 bits per heavy atom. The first-order chi connectivity index (χ1) is 12.1. The highest BCUT2D eigenvalue weighted by Crippen LogP contribution is 2.51. The molecule has 1 amide bonds. The van der Waals surface area contributed by atoms with Crippen LogP contribution in [0.25, 0.3) is 0 Å². The number of rotatable bonds is 5. The Morgan fingerprint density at radius 2 is 1.81 bits per heavy atom. The van der Waals surface area contributed by atoms with E-state index < -0.39 is 19.9 Å². The summed E-state index contributed by atoms with van der Waals surface area (Å²) in [6, 6.07) is 0. The minimum atomic E-state index is -1.99. The number of hydrogen-bond donors (Lipinski definition) is 1. The van der Waals surface area contributed by atoms with Gasteiger partial charge < -0.3 is 14.9 Å². The van der Waals surface area contributed by atoms with Gasteiger partial charge in [0.05, 0.1) is 12.0 Å². The summed E-state index contributed by atoms with van der Waals surface area (Å²) in [7, 11) is -1.99. The molecule has 0 aromatic carbocycles. The number of hydrogen-bond acceptors (Lipinski definition) is 6. The fraction of sp³-hybridized carbons (Fsp3) is 0.789. The quantitative estimate of drug-likeness (QED) is 0.422. The van der Waals surface area contributed by atoms with Crippen molar-refractivity contribution in [1.29, 1.82) is 0 Å². The molecule has 27 heavy (non-hydrogen) atoms. The van der Waals surface area contributed by atoms with Gasteiger partial charge in [-0.1, -0.05) is 20.8 Å². The summed E-state index contributed by atoms with van der Waals surface area (Å²) in [5.74, 6) is -0.837. The second kappa shape index (κ2) is 7.20. The largest absolute Gasteiger partial charge is 0.455 e. The van der Waals surface area contributed by atoms with Crippen LogP contribution in [0, 0.1) is 5.92 Å². The number of fused-ring (bicyclic) bond motifs is 1. The van der Waals surface area contributed by atoms with Crippen LogP contribution in [0.2, 0.25) is 18.1 Å². The second-order valence-electron chi connectivity index (χ2n) is 9.80. The summed E-state index contributed by atoms with van der Waals surface area (Å²) < 4.78 is 11.9. The van der Waals surface area contributed by atoms with E-state index in [2.05, 4.69) is 33.9 Å². The maximum Gasteiger partial charge on any atom is 0.356 e. The molecule has 0 aromatic rings. The van der Waals surface area contributed by atoms with Crippen LogP contribution in [0.4, 0.5) is 0 Å². The number of carbonyl (C=O) groups is 2. The molecular formula is C19H34N2O4SSi.